The van der Waals surface area contributed by atoms with Crippen molar-refractivity contribution < 1.29 is 32.2 Å². The topological polar surface area (TPSA) is 60.9 Å². The summed E-state index contributed by atoms with van der Waals surface area (Å²) in [7, 11) is 1.44. The molecule has 0 bridgehead atoms. The van der Waals surface area contributed by atoms with Crippen LogP contribution in [0.25, 0.3) is 11.1 Å². The van der Waals surface area contributed by atoms with Crippen molar-refractivity contribution in [3.63, 3.8) is 0 Å². The molecule has 0 radical (unpaired) electrons. The van der Waals surface area contributed by atoms with Crippen LogP contribution < -0.4 is 9.47 Å². The van der Waals surface area contributed by atoms with Gasteiger partial charge >= 0.3 is 12.7 Å². The predicted molar refractivity (Wildman–Crippen MR) is 84.6 cm³/mol. The van der Waals surface area contributed by atoms with Crippen molar-refractivity contribution in [2.24, 2.45) is 0 Å². The zero-order chi connectivity index (χ0) is 18.7. The number of amides is 1. The van der Waals surface area contributed by atoms with Crippen LogP contribution in [0.2, 0.25) is 0 Å². The first-order valence-corrected chi connectivity index (χ1v) is 7.67. The molecule has 26 heavy (non-hydrogen) atoms. The molecule has 1 aliphatic rings. The number of halogens is 3. The van der Waals surface area contributed by atoms with Crippen molar-refractivity contribution in [2.45, 2.75) is 13.2 Å². The molecule has 0 unspecified atom stereocenters. The second-order valence-corrected chi connectivity index (χ2v) is 5.45. The first-order valence-electron chi connectivity index (χ1n) is 7.67. The first-order chi connectivity index (χ1) is 12.5. The predicted octanol–water partition coefficient (Wildman–Crippen LogP) is 3.45. The van der Waals surface area contributed by atoms with Gasteiger partial charge in [-0.25, -0.2) is 14.2 Å². The van der Waals surface area contributed by atoms with E-state index < -0.39 is 24.3 Å². The van der Waals surface area contributed by atoms with Crippen molar-refractivity contribution >= 4 is 6.09 Å². The third-order valence-electron chi connectivity index (χ3n) is 3.81. The van der Waals surface area contributed by atoms with Gasteiger partial charge in [-0.1, -0.05) is 6.07 Å². The first kappa shape index (κ1) is 17.8. The maximum absolute atomic E-state index is 13.6. The molecule has 0 N–H and O–H groups in total. The molecule has 0 aliphatic carbocycles. The van der Waals surface area contributed by atoms with Gasteiger partial charge in [-0.2, -0.15) is 8.78 Å². The Morgan fingerprint density at radius 3 is 2.77 bits per heavy atom. The highest BCUT2D eigenvalue weighted by Gasteiger charge is 2.24. The average molecular weight is 368 g/mol. The van der Waals surface area contributed by atoms with E-state index in [1.165, 1.54) is 30.3 Å². The lowest BCUT2D eigenvalue weighted by atomic mass is 10.0. The molecule has 0 spiro atoms. The molecule has 1 amide bonds. The molecule has 3 rings (SSSR count). The quantitative estimate of drug-likeness (QED) is 0.782. The van der Waals surface area contributed by atoms with Crippen LogP contribution in [0.4, 0.5) is 18.0 Å². The molecule has 0 atom stereocenters. The molecular weight excluding hydrogens is 353 g/mol. The zero-order valence-electron chi connectivity index (χ0n) is 13.7. The molecular formula is C17H15F3N2O4. The lowest BCUT2D eigenvalue weighted by Crippen LogP contribution is -2.24. The number of aromatic nitrogens is 1. The van der Waals surface area contributed by atoms with Crippen LogP contribution in [-0.2, 0) is 11.3 Å². The second-order valence-electron chi connectivity index (χ2n) is 5.45. The highest BCUT2D eigenvalue weighted by atomic mass is 19.3. The van der Waals surface area contributed by atoms with Gasteiger partial charge in [-0.15, -0.1) is 0 Å². The van der Waals surface area contributed by atoms with E-state index in [1.54, 1.807) is 6.07 Å². The van der Waals surface area contributed by atoms with Gasteiger partial charge in [0, 0.05) is 17.3 Å². The maximum atomic E-state index is 13.6. The number of carbonyl (C=O) groups is 1. The number of methoxy groups -OCH3 is 1. The number of hydrogen-bond donors (Lipinski definition) is 0. The van der Waals surface area contributed by atoms with E-state index in [9.17, 15) is 18.0 Å². The van der Waals surface area contributed by atoms with Crippen LogP contribution in [0.3, 0.4) is 0 Å². The molecule has 1 aliphatic heterocycles. The summed E-state index contributed by atoms with van der Waals surface area (Å²) in [6, 6.07) is 5.32. The van der Waals surface area contributed by atoms with Gasteiger partial charge in [-0.05, 0) is 23.8 Å². The van der Waals surface area contributed by atoms with E-state index in [0.29, 0.717) is 35.7 Å². The number of carbonyl (C=O) groups excluding carboxylic acids is 1. The van der Waals surface area contributed by atoms with Crippen LogP contribution in [0.15, 0.2) is 30.5 Å². The van der Waals surface area contributed by atoms with E-state index in [4.69, 9.17) is 9.47 Å². The van der Waals surface area contributed by atoms with E-state index in [-0.39, 0.29) is 6.54 Å². The molecule has 2 heterocycles. The molecule has 1 aromatic carbocycles. The van der Waals surface area contributed by atoms with Gasteiger partial charge in [0.1, 0.15) is 6.61 Å². The van der Waals surface area contributed by atoms with E-state index in [0.717, 1.165) is 6.07 Å². The fourth-order valence-electron chi connectivity index (χ4n) is 2.60. The van der Waals surface area contributed by atoms with Crippen LogP contribution >= 0.6 is 0 Å². The maximum Gasteiger partial charge on any atom is 0.410 e. The lowest BCUT2D eigenvalue weighted by Gasteiger charge is -2.16. The van der Waals surface area contributed by atoms with Crippen molar-refractivity contribution in [1.29, 1.82) is 0 Å². The Bertz CT molecular complexity index is 817. The Balaban J connectivity index is 1.93. The summed E-state index contributed by atoms with van der Waals surface area (Å²) in [4.78, 5) is 17.3. The monoisotopic (exact) mass is 368 g/mol. The highest BCUT2D eigenvalue weighted by Crippen LogP contribution is 2.30. The molecule has 9 heteroatoms. The Morgan fingerprint density at radius 1 is 1.31 bits per heavy atom. The minimum atomic E-state index is -3.13. The van der Waals surface area contributed by atoms with E-state index in [1.807, 2.05) is 0 Å². The highest BCUT2D eigenvalue weighted by molar-refractivity contribution is 5.70. The Morgan fingerprint density at radius 2 is 2.12 bits per heavy atom. The summed E-state index contributed by atoms with van der Waals surface area (Å²) >= 11 is 0. The summed E-state index contributed by atoms with van der Waals surface area (Å²) in [5.74, 6) is -1.13. The zero-order valence-corrected chi connectivity index (χ0v) is 13.7. The Kier molecular flexibility index (Phi) is 5.15. The van der Waals surface area contributed by atoms with E-state index >= 15 is 0 Å². The molecule has 6 nitrogen and oxygen atoms in total. The third kappa shape index (κ3) is 3.81. The number of nitrogens with zero attached hydrogens (tertiary/aromatic N) is 2. The summed E-state index contributed by atoms with van der Waals surface area (Å²) in [6.45, 7) is -2.18. The smallest absolute Gasteiger partial charge is 0.410 e. The van der Waals surface area contributed by atoms with Crippen molar-refractivity contribution in [3.8, 4) is 22.8 Å². The second kappa shape index (κ2) is 7.51. The molecule has 1 saturated heterocycles. The van der Waals surface area contributed by atoms with Crippen molar-refractivity contribution in [1.82, 2.24) is 9.88 Å². The van der Waals surface area contributed by atoms with Gasteiger partial charge in [-0.3, -0.25) is 0 Å². The molecule has 1 aromatic heterocycles. The van der Waals surface area contributed by atoms with Gasteiger partial charge in [0.25, 0.3) is 0 Å². The van der Waals surface area contributed by atoms with Crippen LogP contribution in [0, 0.1) is 5.82 Å². The average Bonchev–Trinajstić information content (AvgIpc) is 3.01. The summed E-state index contributed by atoms with van der Waals surface area (Å²) in [6.07, 6.45) is 1.02. The molecule has 1 fully saturated rings. The fraction of sp³-hybridized carbons (Fsp3) is 0.294. The number of pyridine rings is 1. The number of hydrogen-bond acceptors (Lipinski definition) is 5. The molecule has 138 valence electrons. The van der Waals surface area contributed by atoms with Crippen LogP contribution in [0.5, 0.6) is 11.6 Å². The van der Waals surface area contributed by atoms with Gasteiger partial charge in [0.2, 0.25) is 5.88 Å². The number of rotatable bonds is 6. The standard InChI is InChI=1S/C17H15F3N2O4/c1-24-15-12(9-22-4-5-25-17(22)23)6-11(8-21-15)10-2-3-13(18)14(7-10)26-16(19)20/h2-3,6-8,16H,4-5,9H2,1H3. The third-order valence-corrected chi connectivity index (χ3v) is 3.81. The Hall–Kier alpha value is -2.97. The van der Waals surface area contributed by atoms with Crippen LogP contribution in [-0.4, -0.2) is 42.9 Å². The minimum absolute atomic E-state index is 0.213. The Labute approximate surface area is 147 Å². The number of cyclic esters (lactones) is 1. The van der Waals surface area contributed by atoms with Gasteiger partial charge < -0.3 is 19.1 Å². The largest absolute Gasteiger partial charge is 0.481 e. The number of benzene rings is 1. The summed E-state index contributed by atoms with van der Waals surface area (Å²) in [5, 5.41) is 0. The number of alkyl halides is 2. The fourth-order valence-corrected chi connectivity index (χ4v) is 2.60. The summed E-state index contributed by atoms with van der Waals surface area (Å²) in [5.41, 5.74) is 1.57. The van der Waals surface area contributed by atoms with Gasteiger partial charge in [0.05, 0.1) is 20.2 Å². The minimum Gasteiger partial charge on any atom is -0.481 e. The van der Waals surface area contributed by atoms with E-state index in [2.05, 4.69) is 9.72 Å². The summed E-state index contributed by atoms with van der Waals surface area (Å²) < 4.78 is 52.7. The molecule has 2 aromatic rings. The SMILES string of the molecule is COc1ncc(-c2ccc(F)c(OC(F)F)c2)cc1CN1CCOC1=O. The van der Waals surface area contributed by atoms with Crippen molar-refractivity contribution in [2.75, 3.05) is 20.3 Å². The van der Waals surface area contributed by atoms with Gasteiger partial charge in [0.15, 0.2) is 11.6 Å². The normalized spacial score (nSPS) is 13.9. The number of ether oxygens (including phenoxy) is 3. The van der Waals surface area contributed by atoms with Crippen LogP contribution in [0.1, 0.15) is 5.56 Å². The lowest BCUT2D eigenvalue weighted by molar-refractivity contribution is -0.0521. The van der Waals surface area contributed by atoms with Crippen molar-refractivity contribution in [3.05, 3.63) is 41.8 Å². The molecule has 0 saturated carbocycles.